The minimum absolute atomic E-state index is 0.0646. The van der Waals surface area contributed by atoms with Gasteiger partial charge < -0.3 is 24.8 Å². The maximum atomic E-state index is 9.81. The van der Waals surface area contributed by atoms with Crippen LogP contribution in [0, 0.1) is 0 Å². The molecule has 0 amide bonds. The van der Waals surface area contributed by atoms with Gasteiger partial charge in [0.2, 0.25) is 0 Å². The molecule has 20 heavy (non-hydrogen) atoms. The molecule has 0 aromatic rings. The second-order valence-electron chi connectivity index (χ2n) is 5.27. The lowest BCUT2D eigenvalue weighted by atomic mass is 10.1. The van der Waals surface area contributed by atoms with Crippen molar-refractivity contribution < 1.29 is 24.8 Å². The summed E-state index contributed by atoms with van der Waals surface area (Å²) in [5, 5.41) is 28.7. The van der Waals surface area contributed by atoms with E-state index in [1.165, 1.54) is 12.8 Å². The number of aliphatic hydroxyl groups excluding tert-OH is 3. The van der Waals surface area contributed by atoms with Crippen molar-refractivity contribution in [3.8, 4) is 0 Å². The van der Waals surface area contributed by atoms with E-state index in [9.17, 15) is 15.3 Å². The van der Waals surface area contributed by atoms with Gasteiger partial charge in [-0.15, -0.1) is 0 Å². The van der Waals surface area contributed by atoms with Gasteiger partial charge in [0.05, 0.1) is 13.2 Å². The van der Waals surface area contributed by atoms with Crippen molar-refractivity contribution in [3.05, 3.63) is 12.2 Å². The van der Waals surface area contributed by atoms with Crippen molar-refractivity contribution in [2.75, 3.05) is 19.8 Å². The summed E-state index contributed by atoms with van der Waals surface area (Å²) in [4.78, 5) is 0. The highest BCUT2D eigenvalue weighted by molar-refractivity contribution is 4.87. The summed E-state index contributed by atoms with van der Waals surface area (Å²) in [7, 11) is 0. The lowest BCUT2D eigenvalue weighted by Crippen LogP contribution is -2.40. The van der Waals surface area contributed by atoms with Gasteiger partial charge in [0, 0.05) is 6.61 Å². The molecule has 0 spiro atoms. The van der Waals surface area contributed by atoms with Crippen molar-refractivity contribution in [2.45, 2.75) is 63.4 Å². The molecule has 4 atom stereocenters. The fourth-order valence-corrected chi connectivity index (χ4v) is 2.25. The Morgan fingerprint density at radius 1 is 1.25 bits per heavy atom. The van der Waals surface area contributed by atoms with Crippen LogP contribution in [0.4, 0.5) is 0 Å². The predicted octanol–water partition coefficient (Wildman–Crippen LogP) is 1.01. The lowest BCUT2D eigenvalue weighted by Gasteiger charge is -2.20. The molecule has 1 fully saturated rings. The lowest BCUT2D eigenvalue weighted by molar-refractivity contribution is -0.0813. The highest BCUT2D eigenvalue weighted by Crippen LogP contribution is 2.17. The summed E-state index contributed by atoms with van der Waals surface area (Å²) in [5.74, 6) is 0. The molecule has 5 nitrogen and oxygen atoms in total. The summed E-state index contributed by atoms with van der Waals surface area (Å²) in [6, 6.07) is 0. The molecule has 118 valence electrons. The van der Waals surface area contributed by atoms with Gasteiger partial charge in [0.15, 0.2) is 0 Å². The number of unbranched alkanes of at least 4 members (excludes halogenated alkanes) is 4. The number of aliphatic hydroxyl groups is 3. The van der Waals surface area contributed by atoms with Crippen molar-refractivity contribution in [1.82, 2.24) is 0 Å². The number of hydrogen-bond donors (Lipinski definition) is 3. The maximum Gasteiger partial charge on any atom is 0.114 e. The van der Waals surface area contributed by atoms with E-state index >= 15 is 0 Å². The van der Waals surface area contributed by atoms with Crippen molar-refractivity contribution in [3.63, 3.8) is 0 Å². The molecule has 1 rings (SSSR count). The quantitative estimate of drug-likeness (QED) is 0.413. The molecule has 0 bridgehead atoms. The molecule has 0 aromatic carbocycles. The molecule has 1 aliphatic rings. The summed E-state index contributed by atoms with van der Waals surface area (Å²) in [6.45, 7) is 2.83. The summed E-state index contributed by atoms with van der Waals surface area (Å²) in [5.41, 5.74) is 0. The summed E-state index contributed by atoms with van der Waals surface area (Å²) < 4.78 is 10.5. The Bertz CT molecular complexity index is 269. The minimum atomic E-state index is -1.03. The van der Waals surface area contributed by atoms with Gasteiger partial charge in [0.1, 0.15) is 24.4 Å². The van der Waals surface area contributed by atoms with Gasteiger partial charge in [0.25, 0.3) is 0 Å². The van der Waals surface area contributed by atoms with Crippen molar-refractivity contribution in [2.24, 2.45) is 0 Å². The summed E-state index contributed by atoms with van der Waals surface area (Å²) >= 11 is 0. The van der Waals surface area contributed by atoms with Gasteiger partial charge >= 0.3 is 0 Å². The van der Waals surface area contributed by atoms with Crippen LogP contribution >= 0.6 is 0 Å². The average Bonchev–Trinajstić information content (AvgIpc) is 2.77. The zero-order valence-electron chi connectivity index (χ0n) is 12.3. The van der Waals surface area contributed by atoms with E-state index in [1.807, 2.05) is 6.92 Å². The third kappa shape index (κ3) is 6.33. The van der Waals surface area contributed by atoms with Gasteiger partial charge in [-0.25, -0.2) is 0 Å². The molecule has 0 aliphatic carbocycles. The molecule has 1 saturated heterocycles. The average molecular weight is 288 g/mol. The van der Waals surface area contributed by atoms with Crippen LogP contribution in [0.1, 0.15) is 39.0 Å². The molecule has 1 heterocycles. The Morgan fingerprint density at radius 3 is 2.65 bits per heavy atom. The number of allylic oxidation sites excluding steroid dienone is 2. The Morgan fingerprint density at radius 2 is 2.00 bits per heavy atom. The third-order valence-corrected chi connectivity index (χ3v) is 3.50. The molecule has 0 aromatic heterocycles. The van der Waals surface area contributed by atoms with E-state index in [1.54, 1.807) is 0 Å². The minimum Gasteiger partial charge on any atom is -0.388 e. The van der Waals surface area contributed by atoms with E-state index < -0.39 is 24.4 Å². The van der Waals surface area contributed by atoms with Crippen LogP contribution in [0.5, 0.6) is 0 Å². The number of ether oxygens (including phenoxy) is 2. The molecule has 1 aliphatic heterocycles. The van der Waals surface area contributed by atoms with E-state index in [4.69, 9.17) is 9.47 Å². The Kier molecular flexibility index (Phi) is 9.05. The molecule has 3 N–H and O–H groups in total. The van der Waals surface area contributed by atoms with Crippen LogP contribution in [0.3, 0.4) is 0 Å². The molecule has 0 saturated carbocycles. The molecule has 0 unspecified atom stereocenters. The van der Waals surface area contributed by atoms with Crippen LogP contribution in [-0.2, 0) is 9.47 Å². The zero-order valence-corrected chi connectivity index (χ0v) is 12.3. The highest BCUT2D eigenvalue weighted by atomic mass is 16.5. The standard InChI is InChI=1S/C15H28O5/c1-2-3-4-5-6-7-8-9-19-10-13(17)15-14(18)12(16)11-20-15/h2-3,12-18H,4-11H2,1H3/b3-2+/t12-,13+,14-,15-/m1/s1. The van der Waals surface area contributed by atoms with Crippen molar-refractivity contribution >= 4 is 0 Å². The van der Waals surface area contributed by atoms with Crippen LogP contribution in [0.2, 0.25) is 0 Å². The van der Waals surface area contributed by atoms with Gasteiger partial charge in [-0.05, 0) is 26.2 Å². The fourth-order valence-electron chi connectivity index (χ4n) is 2.25. The second kappa shape index (κ2) is 10.3. The molecule has 5 heteroatoms. The molecular weight excluding hydrogens is 260 g/mol. The Labute approximate surface area is 121 Å². The Balaban J connectivity index is 1.96. The first kappa shape index (κ1) is 17.6. The predicted molar refractivity (Wildman–Crippen MR) is 76.5 cm³/mol. The number of rotatable bonds is 10. The van der Waals surface area contributed by atoms with Crippen LogP contribution < -0.4 is 0 Å². The van der Waals surface area contributed by atoms with E-state index in [0.717, 1.165) is 19.3 Å². The molecule has 0 radical (unpaired) electrons. The van der Waals surface area contributed by atoms with E-state index in [-0.39, 0.29) is 13.2 Å². The van der Waals surface area contributed by atoms with Crippen LogP contribution in [0.15, 0.2) is 12.2 Å². The topological polar surface area (TPSA) is 79.2 Å². The first-order chi connectivity index (χ1) is 9.66. The monoisotopic (exact) mass is 288 g/mol. The van der Waals surface area contributed by atoms with Crippen molar-refractivity contribution in [1.29, 1.82) is 0 Å². The fraction of sp³-hybridized carbons (Fsp3) is 0.867. The first-order valence-corrected chi connectivity index (χ1v) is 7.51. The number of hydrogen-bond acceptors (Lipinski definition) is 5. The van der Waals surface area contributed by atoms with Gasteiger partial charge in [-0.1, -0.05) is 25.0 Å². The molecular formula is C15H28O5. The second-order valence-corrected chi connectivity index (χ2v) is 5.27. The summed E-state index contributed by atoms with van der Waals surface area (Å²) in [6.07, 6.45) is 6.29. The Hall–Kier alpha value is -0.460. The zero-order chi connectivity index (χ0) is 14.8. The van der Waals surface area contributed by atoms with Crippen LogP contribution in [0.25, 0.3) is 0 Å². The van der Waals surface area contributed by atoms with E-state index in [0.29, 0.717) is 6.61 Å². The van der Waals surface area contributed by atoms with Gasteiger partial charge in [-0.2, -0.15) is 0 Å². The first-order valence-electron chi connectivity index (χ1n) is 7.51. The smallest absolute Gasteiger partial charge is 0.114 e. The van der Waals surface area contributed by atoms with Crippen LogP contribution in [-0.4, -0.2) is 59.6 Å². The normalized spacial score (nSPS) is 28.3. The maximum absolute atomic E-state index is 9.81. The highest BCUT2D eigenvalue weighted by Gasteiger charge is 2.39. The third-order valence-electron chi connectivity index (χ3n) is 3.50. The SMILES string of the molecule is C/C=C/CCCCCCOC[C@H](O)[C@H]1OC[C@@H](O)[C@H]1O. The van der Waals surface area contributed by atoms with Gasteiger partial charge in [-0.3, -0.25) is 0 Å². The van der Waals surface area contributed by atoms with E-state index in [2.05, 4.69) is 12.2 Å². The largest absolute Gasteiger partial charge is 0.388 e.